The zero-order chi connectivity index (χ0) is 3.58. The fraction of sp³-hybridized carbons (Fsp3) is 0. The van der Waals surface area contributed by atoms with Crippen LogP contribution in [0, 0.1) is 0 Å². The van der Waals surface area contributed by atoms with E-state index >= 15 is 0 Å². The molecule has 3 N–H and O–H groups in total. The lowest BCUT2D eigenvalue weighted by atomic mass is 15.8. The van der Waals surface area contributed by atoms with Crippen molar-refractivity contribution in [3.63, 3.8) is 0 Å². The standard InChI is InChI=1S/H3O3P.H4Si/c1-4(2)3;/h1-3H;1H4. The second-order valence-corrected chi connectivity index (χ2v) is 0.805. The lowest BCUT2D eigenvalue weighted by Gasteiger charge is -1.76. The third-order valence-electron chi connectivity index (χ3n) is 0. The Balaban J connectivity index is 0. The van der Waals surface area contributed by atoms with Gasteiger partial charge in [0.15, 0.2) is 0 Å². The van der Waals surface area contributed by atoms with E-state index in [1.54, 1.807) is 0 Å². The van der Waals surface area contributed by atoms with Crippen LogP contribution in [0.25, 0.3) is 0 Å². The summed E-state index contributed by atoms with van der Waals surface area (Å²) in [5.41, 5.74) is 0. The molecule has 0 fully saturated rings. The molecule has 0 aromatic heterocycles. The van der Waals surface area contributed by atoms with E-state index in [2.05, 4.69) is 0 Å². The second kappa shape index (κ2) is 4.53. The molecule has 0 aromatic carbocycles. The van der Waals surface area contributed by atoms with E-state index in [9.17, 15) is 0 Å². The Morgan fingerprint density at radius 3 is 1.00 bits per heavy atom. The van der Waals surface area contributed by atoms with Crippen LogP contribution in [0.2, 0.25) is 0 Å². The van der Waals surface area contributed by atoms with Gasteiger partial charge in [-0.15, -0.1) is 0 Å². The SMILES string of the molecule is OP(O)O.[SiH4]. The molecule has 0 atom stereocenters. The third-order valence-corrected chi connectivity index (χ3v) is 0. The van der Waals surface area contributed by atoms with Gasteiger partial charge in [0.2, 0.25) is 0 Å². The van der Waals surface area contributed by atoms with Gasteiger partial charge in [0.05, 0.1) is 0 Å². The second-order valence-electron chi connectivity index (χ2n) is 0.268. The van der Waals surface area contributed by atoms with Gasteiger partial charge in [-0.3, -0.25) is 0 Å². The van der Waals surface area contributed by atoms with Crippen molar-refractivity contribution in [3.05, 3.63) is 0 Å². The summed E-state index contributed by atoms with van der Waals surface area (Å²) in [4.78, 5) is 21.7. The highest BCUT2D eigenvalue weighted by atomic mass is 31.2. The van der Waals surface area contributed by atoms with Gasteiger partial charge in [-0.1, -0.05) is 0 Å². The highest BCUT2D eigenvalue weighted by Crippen LogP contribution is 2.11. The minimum absolute atomic E-state index is 0. The quantitative estimate of drug-likeness (QED) is 0.246. The smallest absolute Gasteiger partial charge is 0.324 e. The van der Waals surface area contributed by atoms with E-state index < -0.39 is 8.60 Å². The molecular weight excluding hydrogens is 107 g/mol. The minimum Gasteiger partial charge on any atom is -0.328 e. The van der Waals surface area contributed by atoms with Crippen molar-refractivity contribution in [3.8, 4) is 0 Å². The molecule has 0 aliphatic heterocycles. The van der Waals surface area contributed by atoms with Crippen molar-refractivity contribution in [1.29, 1.82) is 0 Å². The van der Waals surface area contributed by atoms with Gasteiger partial charge in [-0.2, -0.15) is 0 Å². The lowest BCUT2D eigenvalue weighted by molar-refractivity contribution is 0.368. The molecule has 0 saturated carbocycles. The predicted molar refractivity (Wildman–Crippen MR) is 24.9 cm³/mol. The van der Waals surface area contributed by atoms with Crippen molar-refractivity contribution in [1.82, 2.24) is 0 Å². The molecule has 5 heavy (non-hydrogen) atoms. The van der Waals surface area contributed by atoms with Gasteiger partial charge >= 0.3 is 8.60 Å². The Morgan fingerprint density at radius 2 is 1.00 bits per heavy atom. The van der Waals surface area contributed by atoms with E-state index in [0.29, 0.717) is 0 Å². The van der Waals surface area contributed by atoms with Crippen LogP contribution in [-0.4, -0.2) is 25.6 Å². The Bertz CT molecular complexity index is 11.6. The molecular formula is H7O3PSi. The molecule has 0 aromatic rings. The summed E-state index contributed by atoms with van der Waals surface area (Å²) in [5, 5.41) is 0. The highest BCUT2D eigenvalue weighted by molar-refractivity contribution is 7.38. The molecule has 0 aliphatic rings. The first-order valence-corrected chi connectivity index (χ1v) is 1.80. The molecule has 0 unspecified atom stereocenters. The maximum Gasteiger partial charge on any atom is 0.324 e. The van der Waals surface area contributed by atoms with Crippen LogP contribution in [0.4, 0.5) is 0 Å². The average molecular weight is 114 g/mol. The summed E-state index contributed by atoms with van der Waals surface area (Å²) in [5.74, 6) is 0. The Morgan fingerprint density at radius 1 is 1.00 bits per heavy atom. The van der Waals surface area contributed by atoms with E-state index in [-0.39, 0.29) is 11.0 Å². The third kappa shape index (κ3) is 104. The van der Waals surface area contributed by atoms with Crippen molar-refractivity contribution < 1.29 is 14.7 Å². The predicted octanol–water partition coefficient (Wildman–Crippen LogP) is -2.26. The molecule has 0 rings (SSSR count). The Kier molecular flexibility index (Phi) is 8.24. The van der Waals surface area contributed by atoms with Crippen LogP contribution in [-0.2, 0) is 0 Å². The summed E-state index contributed by atoms with van der Waals surface area (Å²) < 4.78 is 0. The van der Waals surface area contributed by atoms with Crippen LogP contribution >= 0.6 is 8.60 Å². The van der Waals surface area contributed by atoms with Gasteiger partial charge in [-0.25, -0.2) is 0 Å². The monoisotopic (exact) mass is 114 g/mol. The fourth-order valence-electron chi connectivity index (χ4n) is 0. The molecule has 0 saturated heterocycles. The maximum atomic E-state index is 7.23. The molecule has 34 valence electrons. The number of hydrogen-bond acceptors (Lipinski definition) is 3. The minimum atomic E-state index is -2.62. The molecule has 0 spiro atoms. The first-order chi connectivity index (χ1) is 1.73. The Labute approximate surface area is 35.3 Å². The molecule has 0 radical (unpaired) electrons. The Hall–Kier alpha value is 0.527. The van der Waals surface area contributed by atoms with Crippen molar-refractivity contribution in [2.24, 2.45) is 0 Å². The van der Waals surface area contributed by atoms with Gasteiger partial charge < -0.3 is 14.7 Å². The summed E-state index contributed by atoms with van der Waals surface area (Å²) in [6.07, 6.45) is 0. The number of hydrogen-bond donors (Lipinski definition) is 3. The van der Waals surface area contributed by atoms with Crippen LogP contribution in [0.1, 0.15) is 0 Å². The summed E-state index contributed by atoms with van der Waals surface area (Å²) in [6, 6.07) is 0. The fourth-order valence-corrected chi connectivity index (χ4v) is 0. The van der Waals surface area contributed by atoms with Gasteiger partial charge in [0.1, 0.15) is 0 Å². The molecule has 0 amide bonds. The van der Waals surface area contributed by atoms with Gasteiger partial charge in [-0.05, 0) is 11.0 Å². The first-order valence-electron chi connectivity index (χ1n) is 0.600. The van der Waals surface area contributed by atoms with Crippen molar-refractivity contribution >= 4 is 19.6 Å². The summed E-state index contributed by atoms with van der Waals surface area (Å²) >= 11 is 0. The van der Waals surface area contributed by atoms with E-state index in [1.807, 2.05) is 0 Å². The van der Waals surface area contributed by atoms with Crippen LogP contribution in [0.3, 0.4) is 0 Å². The van der Waals surface area contributed by atoms with Crippen molar-refractivity contribution in [2.45, 2.75) is 0 Å². The lowest BCUT2D eigenvalue weighted by Crippen LogP contribution is -1.54. The molecule has 5 heteroatoms. The maximum absolute atomic E-state index is 7.23. The topological polar surface area (TPSA) is 60.7 Å². The van der Waals surface area contributed by atoms with Gasteiger partial charge in [0, 0.05) is 0 Å². The molecule has 3 nitrogen and oxygen atoms in total. The zero-order valence-corrected chi connectivity index (χ0v) is 2.68. The van der Waals surface area contributed by atoms with E-state index in [4.69, 9.17) is 14.7 Å². The highest BCUT2D eigenvalue weighted by Gasteiger charge is 1.76. The van der Waals surface area contributed by atoms with E-state index in [1.165, 1.54) is 0 Å². The van der Waals surface area contributed by atoms with E-state index in [0.717, 1.165) is 0 Å². The van der Waals surface area contributed by atoms with Crippen LogP contribution < -0.4 is 0 Å². The zero-order valence-electron chi connectivity index (χ0n) is 1.79. The average Bonchev–Trinajstić information content (AvgIpc) is 0.811. The van der Waals surface area contributed by atoms with Crippen molar-refractivity contribution in [2.75, 3.05) is 0 Å². The van der Waals surface area contributed by atoms with Crippen LogP contribution in [0.15, 0.2) is 0 Å². The number of rotatable bonds is 0. The van der Waals surface area contributed by atoms with Crippen LogP contribution in [0.5, 0.6) is 0 Å². The summed E-state index contributed by atoms with van der Waals surface area (Å²) in [7, 11) is -2.62. The summed E-state index contributed by atoms with van der Waals surface area (Å²) in [6.45, 7) is 0. The molecule has 0 heterocycles. The van der Waals surface area contributed by atoms with Gasteiger partial charge in [0.25, 0.3) is 0 Å². The largest absolute Gasteiger partial charge is 0.328 e. The molecule has 0 aliphatic carbocycles. The first kappa shape index (κ1) is 9.11. The normalized spacial score (nSPS) is 7.20. The molecule has 0 bridgehead atoms.